The van der Waals surface area contributed by atoms with Crippen LogP contribution < -0.4 is 21.1 Å². The molecule has 1 atom stereocenters. The molecule has 0 saturated carbocycles. The normalized spacial score (nSPS) is 16.2. The minimum Gasteiger partial charge on any atom is -0.395 e. The van der Waals surface area contributed by atoms with Crippen molar-refractivity contribution in [3.63, 3.8) is 0 Å². The van der Waals surface area contributed by atoms with Gasteiger partial charge in [0.05, 0.1) is 24.9 Å². The molecule has 0 radical (unpaired) electrons. The van der Waals surface area contributed by atoms with Crippen molar-refractivity contribution in [2.45, 2.75) is 19.0 Å². The van der Waals surface area contributed by atoms with Crippen LogP contribution >= 0.6 is 0 Å². The van der Waals surface area contributed by atoms with Gasteiger partial charge in [-0.15, -0.1) is 0 Å². The molecule has 1 saturated heterocycles. The highest BCUT2D eigenvalue weighted by Gasteiger charge is 2.24. The summed E-state index contributed by atoms with van der Waals surface area (Å²) in [5.74, 6) is 8.02. The van der Waals surface area contributed by atoms with Crippen LogP contribution in [-0.2, 0) is 6.54 Å². The summed E-state index contributed by atoms with van der Waals surface area (Å²) in [6.45, 7) is 6.44. The highest BCUT2D eigenvalue weighted by atomic mass is 16.3. The van der Waals surface area contributed by atoms with Crippen LogP contribution in [0.2, 0.25) is 0 Å². The molecule has 1 aliphatic heterocycles. The molecule has 2 aromatic heterocycles. The zero-order valence-corrected chi connectivity index (χ0v) is 16.8. The molecular weight excluding hydrogens is 380 g/mol. The van der Waals surface area contributed by atoms with Gasteiger partial charge in [0, 0.05) is 37.3 Å². The topological polar surface area (TPSA) is 116 Å². The van der Waals surface area contributed by atoms with Gasteiger partial charge in [-0.25, -0.2) is 20.8 Å². The number of pyridine rings is 1. The molecular formula is C21H26N8O. The largest absolute Gasteiger partial charge is 0.395 e. The van der Waals surface area contributed by atoms with Gasteiger partial charge >= 0.3 is 0 Å². The number of fused-ring (bicyclic) bond motifs is 1. The summed E-state index contributed by atoms with van der Waals surface area (Å²) in [4.78, 5) is 19.7. The van der Waals surface area contributed by atoms with E-state index in [9.17, 15) is 0 Å². The third-order valence-electron chi connectivity index (χ3n) is 5.22. The maximum atomic E-state index is 9.01. The molecule has 9 nitrogen and oxygen atoms in total. The zero-order chi connectivity index (χ0) is 20.9. The predicted molar refractivity (Wildman–Crippen MR) is 119 cm³/mol. The van der Waals surface area contributed by atoms with Crippen molar-refractivity contribution in [2.24, 2.45) is 10.8 Å². The average molecular weight is 406 g/mol. The second-order valence-electron chi connectivity index (χ2n) is 7.30. The Hall–Kier alpha value is -3.14. The first kappa shape index (κ1) is 20.1. The van der Waals surface area contributed by atoms with Crippen LogP contribution in [0.3, 0.4) is 0 Å². The highest BCUT2D eigenvalue weighted by molar-refractivity contribution is 5.79. The lowest BCUT2D eigenvalue weighted by atomic mass is 10.1. The molecule has 3 aromatic rings. The highest BCUT2D eigenvalue weighted by Crippen LogP contribution is 2.28. The van der Waals surface area contributed by atoms with E-state index >= 15 is 0 Å². The molecule has 0 unspecified atom stereocenters. The summed E-state index contributed by atoms with van der Waals surface area (Å²) in [5, 5.41) is 14.9. The van der Waals surface area contributed by atoms with Crippen LogP contribution in [0.5, 0.6) is 0 Å². The average Bonchev–Trinajstić information content (AvgIpc) is 3.26. The van der Waals surface area contributed by atoms with Crippen molar-refractivity contribution in [1.82, 2.24) is 20.3 Å². The van der Waals surface area contributed by atoms with E-state index in [1.54, 1.807) is 17.4 Å². The first-order chi connectivity index (χ1) is 14.7. The summed E-state index contributed by atoms with van der Waals surface area (Å²) in [5.41, 5.74) is 1.98. The van der Waals surface area contributed by atoms with E-state index < -0.39 is 0 Å². The van der Waals surface area contributed by atoms with E-state index in [-0.39, 0.29) is 6.61 Å². The van der Waals surface area contributed by atoms with Crippen LogP contribution in [0.4, 0.5) is 17.5 Å². The van der Waals surface area contributed by atoms with Crippen LogP contribution in [-0.4, -0.2) is 59.1 Å². The van der Waals surface area contributed by atoms with Gasteiger partial charge < -0.3 is 15.3 Å². The van der Waals surface area contributed by atoms with E-state index in [4.69, 9.17) is 15.9 Å². The molecule has 0 bridgehead atoms. The second kappa shape index (κ2) is 9.12. The van der Waals surface area contributed by atoms with E-state index in [0.717, 1.165) is 41.8 Å². The van der Waals surface area contributed by atoms with Crippen LogP contribution in [0, 0.1) is 0 Å². The SMILES string of the molecule is C=Nc1ncc(N2CC[C@@H](NCCO)C2)nc1N(N)Cc1ccc2ncccc2c1. The smallest absolute Gasteiger partial charge is 0.196 e. The number of aliphatic hydroxyl groups excluding tert-OH is 1. The van der Waals surface area contributed by atoms with E-state index in [1.807, 2.05) is 24.3 Å². The van der Waals surface area contributed by atoms with Crippen molar-refractivity contribution in [3.05, 3.63) is 48.3 Å². The Morgan fingerprint density at radius 2 is 2.23 bits per heavy atom. The van der Waals surface area contributed by atoms with Crippen LogP contribution in [0.1, 0.15) is 12.0 Å². The number of benzene rings is 1. The number of aliphatic hydroxyl groups is 1. The molecule has 3 heterocycles. The predicted octanol–water partition coefficient (Wildman–Crippen LogP) is 1.40. The Kier molecular flexibility index (Phi) is 6.12. The standard InChI is InChI=1S/C21H26N8O/c1-23-20-21(27-19(12-26-20)28-9-6-17(14-28)24-8-10-30)29(22)13-15-4-5-18-16(11-15)3-2-7-25-18/h2-5,7,11-12,17,24,30H,1,6,8-10,13-14,22H2/t17-/m1/s1. The van der Waals surface area contributed by atoms with Crippen molar-refractivity contribution in [2.75, 3.05) is 36.1 Å². The first-order valence-electron chi connectivity index (χ1n) is 9.97. The van der Waals surface area contributed by atoms with Gasteiger partial charge in [0.25, 0.3) is 0 Å². The van der Waals surface area contributed by atoms with Crippen molar-refractivity contribution in [1.29, 1.82) is 0 Å². The fraction of sp³-hybridized carbons (Fsp3) is 0.333. The molecule has 0 amide bonds. The zero-order valence-electron chi connectivity index (χ0n) is 16.8. The number of anilines is 2. The Labute approximate surface area is 175 Å². The molecule has 0 aliphatic carbocycles. The Morgan fingerprint density at radius 1 is 1.33 bits per heavy atom. The Morgan fingerprint density at radius 3 is 3.07 bits per heavy atom. The number of rotatable bonds is 8. The Balaban J connectivity index is 1.53. The molecule has 1 fully saturated rings. The summed E-state index contributed by atoms with van der Waals surface area (Å²) >= 11 is 0. The van der Waals surface area contributed by atoms with E-state index in [2.05, 4.69) is 38.0 Å². The third kappa shape index (κ3) is 4.38. The van der Waals surface area contributed by atoms with Gasteiger partial charge in [0.2, 0.25) is 0 Å². The molecule has 1 aromatic carbocycles. The Bertz CT molecular complexity index is 1030. The molecule has 1 aliphatic rings. The number of hydrazine groups is 1. The number of aromatic nitrogens is 3. The molecule has 4 N–H and O–H groups in total. The fourth-order valence-electron chi connectivity index (χ4n) is 3.72. The number of nitrogens with one attached hydrogen (secondary N) is 1. The van der Waals surface area contributed by atoms with Crippen LogP contribution in [0.15, 0.2) is 47.7 Å². The number of hydrogen-bond acceptors (Lipinski definition) is 9. The third-order valence-corrected chi connectivity index (χ3v) is 5.22. The van der Waals surface area contributed by atoms with Gasteiger partial charge in [-0.1, -0.05) is 12.1 Å². The number of aliphatic imine (C=N–C) groups is 1. The lowest BCUT2D eigenvalue weighted by Crippen LogP contribution is -2.35. The minimum atomic E-state index is 0.132. The second-order valence-corrected chi connectivity index (χ2v) is 7.30. The number of hydrogen-bond donors (Lipinski definition) is 3. The van der Waals surface area contributed by atoms with Crippen molar-refractivity contribution >= 4 is 35.1 Å². The molecule has 9 heteroatoms. The van der Waals surface area contributed by atoms with Gasteiger partial charge in [0.1, 0.15) is 5.82 Å². The van der Waals surface area contributed by atoms with E-state index in [0.29, 0.717) is 30.8 Å². The van der Waals surface area contributed by atoms with Crippen molar-refractivity contribution < 1.29 is 5.11 Å². The maximum absolute atomic E-state index is 9.01. The summed E-state index contributed by atoms with van der Waals surface area (Å²) < 4.78 is 0. The molecule has 4 rings (SSSR count). The molecule has 156 valence electrons. The molecule has 0 spiro atoms. The molecule has 30 heavy (non-hydrogen) atoms. The summed E-state index contributed by atoms with van der Waals surface area (Å²) in [7, 11) is 0. The van der Waals surface area contributed by atoms with E-state index in [1.165, 1.54) is 0 Å². The fourth-order valence-corrected chi connectivity index (χ4v) is 3.72. The van der Waals surface area contributed by atoms with Crippen LogP contribution in [0.25, 0.3) is 10.9 Å². The van der Waals surface area contributed by atoms with Gasteiger partial charge in [-0.2, -0.15) is 0 Å². The number of nitrogens with zero attached hydrogens (tertiary/aromatic N) is 6. The van der Waals surface area contributed by atoms with Gasteiger partial charge in [-0.05, 0) is 36.9 Å². The summed E-state index contributed by atoms with van der Waals surface area (Å²) in [6.07, 6.45) is 4.47. The quantitative estimate of drug-likeness (QED) is 0.292. The summed E-state index contributed by atoms with van der Waals surface area (Å²) in [6, 6.07) is 10.3. The monoisotopic (exact) mass is 406 g/mol. The lowest BCUT2D eigenvalue weighted by Gasteiger charge is -2.23. The number of nitrogens with two attached hydrogens (primary N) is 1. The van der Waals surface area contributed by atoms with Gasteiger partial charge in [0.15, 0.2) is 11.6 Å². The van der Waals surface area contributed by atoms with Gasteiger partial charge in [-0.3, -0.25) is 9.99 Å². The first-order valence-corrected chi connectivity index (χ1v) is 9.97. The van der Waals surface area contributed by atoms with Crippen molar-refractivity contribution in [3.8, 4) is 0 Å². The lowest BCUT2D eigenvalue weighted by molar-refractivity contribution is 0.286. The minimum absolute atomic E-state index is 0.132. The maximum Gasteiger partial charge on any atom is 0.196 e.